The summed E-state index contributed by atoms with van der Waals surface area (Å²) < 4.78 is 19.8. The van der Waals surface area contributed by atoms with Crippen molar-refractivity contribution in [2.45, 2.75) is 0 Å². The number of hydrogen-bond acceptors (Lipinski definition) is 4. The van der Waals surface area contributed by atoms with E-state index in [0.29, 0.717) is 13.2 Å². The lowest BCUT2D eigenvalue weighted by atomic mass is 10.3. The van der Waals surface area contributed by atoms with Gasteiger partial charge in [-0.1, -0.05) is 12.1 Å². The molecule has 0 unspecified atom stereocenters. The van der Waals surface area contributed by atoms with Crippen LogP contribution in [0.15, 0.2) is 49.3 Å². The Balaban J connectivity index is 0.000000138. The molecule has 0 fully saturated rings. The van der Waals surface area contributed by atoms with E-state index >= 15 is 0 Å². The van der Waals surface area contributed by atoms with Gasteiger partial charge in [0.2, 0.25) is 0 Å². The molecule has 0 amide bonds. The molecule has 1 aromatic rings. The zero-order valence-electron chi connectivity index (χ0n) is 8.67. The highest BCUT2D eigenvalue weighted by atomic mass is 16.5. The van der Waals surface area contributed by atoms with Crippen molar-refractivity contribution < 1.29 is 18.9 Å². The molecular weight excluding hydrogens is 208 g/mol. The van der Waals surface area contributed by atoms with Crippen molar-refractivity contribution >= 4 is 0 Å². The van der Waals surface area contributed by atoms with Gasteiger partial charge in [0.15, 0.2) is 11.5 Å². The van der Waals surface area contributed by atoms with Crippen LogP contribution in [0.5, 0.6) is 11.5 Å². The minimum atomic E-state index is 0.691. The first-order valence-corrected chi connectivity index (χ1v) is 4.92. The summed E-state index contributed by atoms with van der Waals surface area (Å²) in [5, 5.41) is 0. The maximum Gasteiger partial charge on any atom is 0.169 e. The molecule has 0 saturated heterocycles. The SMILES string of the molecule is C1=COCCO1.C1=COc2ccccc2O1. The summed E-state index contributed by atoms with van der Waals surface area (Å²) in [5.74, 6) is 1.54. The Bertz CT molecular complexity index is 349. The van der Waals surface area contributed by atoms with Crippen molar-refractivity contribution in [3.05, 3.63) is 49.3 Å². The fraction of sp³-hybridized carbons (Fsp3) is 0.167. The third-order valence-electron chi connectivity index (χ3n) is 1.86. The van der Waals surface area contributed by atoms with Crippen molar-refractivity contribution in [1.82, 2.24) is 0 Å². The van der Waals surface area contributed by atoms with Crippen LogP contribution in [0.25, 0.3) is 0 Å². The Morgan fingerprint density at radius 2 is 1.19 bits per heavy atom. The zero-order valence-corrected chi connectivity index (χ0v) is 8.67. The first-order chi connectivity index (χ1) is 7.97. The Hall–Kier alpha value is -2.10. The average molecular weight is 220 g/mol. The third kappa shape index (κ3) is 2.95. The molecular formula is C12H12O4. The predicted molar refractivity (Wildman–Crippen MR) is 57.9 cm³/mol. The normalized spacial score (nSPS) is 15.2. The van der Waals surface area contributed by atoms with Crippen LogP contribution in [0, 0.1) is 0 Å². The molecule has 4 nitrogen and oxygen atoms in total. The van der Waals surface area contributed by atoms with E-state index in [9.17, 15) is 0 Å². The molecule has 0 radical (unpaired) electrons. The number of para-hydroxylation sites is 2. The molecule has 0 atom stereocenters. The summed E-state index contributed by atoms with van der Waals surface area (Å²) in [6.07, 6.45) is 6.12. The monoisotopic (exact) mass is 220 g/mol. The summed E-state index contributed by atoms with van der Waals surface area (Å²) in [4.78, 5) is 0. The van der Waals surface area contributed by atoms with E-state index in [1.165, 1.54) is 12.5 Å². The van der Waals surface area contributed by atoms with Crippen LogP contribution in [0.1, 0.15) is 0 Å². The zero-order chi connectivity index (χ0) is 11.1. The standard InChI is InChI=1S/C8H6O2.C4H6O2/c1-2-4-8-7(3-1)9-5-6-10-8;1-2-6-4-3-5-1/h1-6H;1-2H,3-4H2. The van der Waals surface area contributed by atoms with Gasteiger partial charge in [-0.3, -0.25) is 0 Å². The van der Waals surface area contributed by atoms with Crippen LogP contribution >= 0.6 is 0 Å². The van der Waals surface area contributed by atoms with E-state index in [-0.39, 0.29) is 0 Å². The molecule has 3 rings (SSSR count). The minimum absolute atomic E-state index is 0.691. The van der Waals surface area contributed by atoms with Crippen molar-refractivity contribution in [1.29, 1.82) is 0 Å². The number of benzene rings is 1. The molecule has 16 heavy (non-hydrogen) atoms. The number of ether oxygens (including phenoxy) is 4. The van der Waals surface area contributed by atoms with Gasteiger partial charge in [-0.05, 0) is 12.1 Å². The third-order valence-corrected chi connectivity index (χ3v) is 1.86. The smallest absolute Gasteiger partial charge is 0.169 e. The summed E-state index contributed by atoms with van der Waals surface area (Å²) in [6, 6.07) is 7.53. The van der Waals surface area contributed by atoms with Gasteiger partial charge in [-0.25, -0.2) is 0 Å². The first kappa shape index (κ1) is 10.4. The van der Waals surface area contributed by atoms with Crippen LogP contribution in [-0.4, -0.2) is 13.2 Å². The van der Waals surface area contributed by atoms with E-state index in [1.807, 2.05) is 24.3 Å². The molecule has 84 valence electrons. The van der Waals surface area contributed by atoms with E-state index in [4.69, 9.17) is 18.9 Å². The topological polar surface area (TPSA) is 36.9 Å². The van der Waals surface area contributed by atoms with Crippen LogP contribution < -0.4 is 9.47 Å². The maximum atomic E-state index is 5.12. The Morgan fingerprint density at radius 1 is 0.688 bits per heavy atom. The van der Waals surface area contributed by atoms with Crippen LogP contribution in [0.2, 0.25) is 0 Å². The molecule has 0 spiro atoms. The number of fused-ring (bicyclic) bond motifs is 1. The minimum Gasteiger partial charge on any atom is -0.494 e. The quantitative estimate of drug-likeness (QED) is 0.673. The van der Waals surface area contributed by atoms with E-state index in [0.717, 1.165) is 11.5 Å². The molecule has 1 aromatic carbocycles. The van der Waals surface area contributed by atoms with Gasteiger partial charge in [0.05, 0.1) is 0 Å². The van der Waals surface area contributed by atoms with Crippen molar-refractivity contribution in [3.63, 3.8) is 0 Å². The largest absolute Gasteiger partial charge is 0.494 e. The van der Waals surface area contributed by atoms with Gasteiger partial charge in [-0.2, -0.15) is 0 Å². The van der Waals surface area contributed by atoms with Crippen molar-refractivity contribution in [2.75, 3.05) is 13.2 Å². The van der Waals surface area contributed by atoms with Crippen molar-refractivity contribution in [2.24, 2.45) is 0 Å². The van der Waals surface area contributed by atoms with Gasteiger partial charge in [-0.15, -0.1) is 0 Å². The van der Waals surface area contributed by atoms with Gasteiger partial charge >= 0.3 is 0 Å². The highest BCUT2D eigenvalue weighted by Gasteiger charge is 2.04. The van der Waals surface area contributed by atoms with Gasteiger partial charge in [0.25, 0.3) is 0 Å². The molecule has 0 aliphatic carbocycles. The second kappa shape index (κ2) is 5.70. The average Bonchev–Trinajstić information content (AvgIpc) is 2.42. The van der Waals surface area contributed by atoms with E-state index < -0.39 is 0 Å². The Kier molecular flexibility index (Phi) is 3.71. The maximum absolute atomic E-state index is 5.12. The molecule has 0 bridgehead atoms. The summed E-state index contributed by atoms with van der Waals surface area (Å²) in [7, 11) is 0. The molecule has 2 aliphatic rings. The second-order valence-corrected chi connectivity index (χ2v) is 2.97. The van der Waals surface area contributed by atoms with Crippen LogP contribution in [0.3, 0.4) is 0 Å². The van der Waals surface area contributed by atoms with Crippen LogP contribution in [0.4, 0.5) is 0 Å². The van der Waals surface area contributed by atoms with Crippen molar-refractivity contribution in [3.8, 4) is 11.5 Å². The van der Waals surface area contributed by atoms with Gasteiger partial charge in [0, 0.05) is 0 Å². The van der Waals surface area contributed by atoms with Crippen LogP contribution in [-0.2, 0) is 9.47 Å². The highest BCUT2D eigenvalue weighted by Crippen LogP contribution is 2.28. The number of rotatable bonds is 0. The molecule has 2 heterocycles. The molecule has 0 aromatic heterocycles. The fourth-order valence-electron chi connectivity index (χ4n) is 1.16. The van der Waals surface area contributed by atoms with E-state index in [1.54, 1.807) is 12.5 Å². The summed E-state index contributed by atoms with van der Waals surface area (Å²) in [6.45, 7) is 1.38. The molecule has 4 heteroatoms. The molecule has 2 aliphatic heterocycles. The number of hydrogen-bond donors (Lipinski definition) is 0. The fourth-order valence-corrected chi connectivity index (χ4v) is 1.16. The molecule has 0 N–H and O–H groups in total. The lowest BCUT2D eigenvalue weighted by Crippen LogP contribution is -2.00. The Labute approximate surface area is 93.7 Å². The molecule has 0 saturated carbocycles. The lowest BCUT2D eigenvalue weighted by Gasteiger charge is -2.10. The highest BCUT2D eigenvalue weighted by molar-refractivity contribution is 5.41. The summed E-state index contributed by atoms with van der Waals surface area (Å²) >= 11 is 0. The van der Waals surface area contributed by atoms with Gasteiger partial charge in [0.1, 0.15) is 38.3 Å². The Morgan fingerprint density at radius 3 is 1.56 bits per heavy atom. The van der Waals surface area contributed by atoms with Gasteiger partial charge < -0.3 is 18.9 Å². The predicted octanol–water partition coefficient (Wildman–Crippen LogP) is 2.43. The summed E-state index contributed by atoms with van der Waals surface area (Å²) in [5.41, 5.74) is 0. The lowest BCUT2D eigenvalue weighted by molar-refractivity contribution is 0.108. The van der Waals surface area contributed by atoms with E-state index in [2.05, 4.69) is 0 Å². The second-order valence-electron chi connectivity index (χ2n) is 2.97. The first-order valence-electron chi connectivity index (χ1n) is 4.92.